The van der Waals surface area contributed by atoms with Crippen LogP contribution in [0.5, 0.6) is 0 Å². The predicted octanol–water partition coefficient (Wildman–Crippen LogP) is 7.02. The number of methoxy groups -OCH3 is 1. The van der Waals surface area contributed by atoms with E-state index in [1.807, 2.05) is 39.8 Å². The molecule has 25 nitrogen and oxygen atoms in total. The van der Waals surface area contributed by atoms with Crippen molar-refractivity contribution in [2.45, 2.75) is 282 Å². The Bertz CT molecular complexity index is 2950. The molecule has 5 aliphatic carbocycles. The van der Waals surface area contributed by atoms with Gasteiger partial charge in [0, 0.05) is 61.7 Å². The summed E-state index contributed by atoms with van der Waals surface area (Å²) in [5.41, 5.74) is -4.85. The molecule has 4 unspecified atom stereocenters. The molecule has 2 bridgehead atoms. The highest BCUT2D eigenvalue weighted by molar-refractivity contribution is 6.26. The predicted molar refractivity (Wildman–Crippen MR) is 328 cm³/mol. The van der Waals surface area contributed by atoms with Crippen molar-refractivity contribution in [3.05, 3.63) is 68.5 Å². The summed E-state index contributed by atoms with van der Waals surface area (Å²) in [6, 6.07) is -1.12. The molecule has 10 rings (SSSR count). The zero-order valence-electron chi connectivity index (χ0n) is 55.7. The zero-order chi connectivity index (χ0) is 67.5. The Kier molecular flexibility index (Phi) is 21.5. The molecule has 5 heterocycles. The van der Waals surface area contributed by atoms with E-state index >= 15 is 4.79 Å². The van der Waals surface area contributed by atoms with Gasteiger partial charge in [0.15, 0.2) is 36.9 Å². The number of carbonyl (C=O) groups excluding carboxylic acids is 5. The number of rotatable bonds is 14. The molecule has 0 aromatic carbocycles. The summed E-state index contributed by atoms with van der Waals surface area (Å²) >= 11 is 0. The minimum absolute atomic E-state index is 0.00496. The van der Waals surface area contributed by atoms with Gasteiger partial charge in [0.05, 0.1) is 86.6 Å². The summed E-state index contributed by atoms with van der Waals surface area (Å²) in [7, 11) is 1.15. The Balaban J connectivity index is 0.904. The highest BCUT2D eigenvalue weighted by atomic mass is 16.7. The van der Waals surface area contributed by atoms with E-state index in [0.717, 1.165) is 12.7 Å². The maximum Gasteiger partial charge on any atom is 0.407 e. The number of amides is 1. The van der Waals surface area contributed by atoms with Crippen LogP contribution in [0.4, 0.5) is 4.79 Å². The first kappa shape index (κ1) is 70.8. The maximum absolute atomic E-state index is 15.6. The van der Waals surface area contributed by atoms with Crippen LogP contribution >= 0.6 is 0 Å². The fraction of sp³-hybridized carbons (Fsp3) is 0.779. The van der Waals surface area contributed by atoms with Gasteiger partial charge in [-0.05, 0) is 121 Å². The molecule has 518 valence electrons. The topological polar surface area (TPSA) is 332 Å². The van der Waals surface area contributed by atoms with E-state index < -0.39 is 185 Å². The number of fused-ring (bicyclic) bond motifs is 4. The number of aldehydes is 1. The number of nitrogens with one attached hydrogen (secondary N) is 1. The number of nitro groups is 1. The lowest BCUT2D eigenvalue weighted by atomic mass is 9.49. The van der Waals surface area contributed by atoms with Crippen LogP contribution in [-0.4, -0.2) is 190 Å². The van der Waals surface area contributed by atoms with Crippen molar-refractivity contribution in [3.63, 3.8) is 0 Å². The third-order valence-electron chi connectivity index (χ3n) is 22.2. The van der Waals surface area contributed by atoms with Gasteiger partial charge in [0.25, 0.3) is 0 Å². The lowest BCUT2D eigenvalue weighted by Crippen LogP contribution is -2.65. The molecule has 1 spiro atoms. The van der Waals surface area contributed by atoms with Gasteiger partial charge in [0.2, 0.25) is 11.3 Å². The van der Waals surface area contributed by atoms with Gasteiger partial charge in [-0.25, -0.2) is 9.59 Å². The average molecular weight is 1310 g/mol. The third-order valence-corrected chi connectivity index (χ3v) is 22.2. The molecule has 93 heavy (non-hydrogen) atoms. The first-order valence-electron chi connectivity index (χ1n) is 33.4. The molecule has 29 atom stereocenters. The second-order valence-electron chi connectivity index (χ2n) is 28.8. The number of esters is 2. The highest BCUT2D eigenvalue weighted by Crippen LogP contribution is 2.61. The van der Waals surface area contributed by atoms with Crippen LogP contribution in [-0.2, 0) is 76.0 Å². The first-order chi connectivity index (χ1) is 43.9. The normalized spacial score (nSPS) is 46.8. The molecule has 0 radical (unpaired) electrons. The average Bonchev–Trinajstić information content (AvgIpc) is 1.68. The van der Waals surface area contributed by atoms with Crippen LogP contribution in [0.25, 0.3) is 0 Å². The van der Waals surface area contributed by atoms with E-state index in [-0.39, 0.29) is 67.3 Å². The van der Waals surface area contributed by atoms with E-state index in [1.165, 1.54) is 19.9 Å². The summed E-state index contributed by atoms with van der Waals surface area (Å²) < 4.78 is 75.6. The number of ketones is 1. The number of aliphatic hydroxyl groups excluding tert-OH is 4. The largest absolute Gasteiger partial charge is 0.511 e. The zero-order valence-corrected chi connectivity index (χ0v) is 55.7. The fourth-order valence-electron chi connectivity index (χ4n) is 17.4. The smallest absolute Gasteiger partial charge is 0.407 e. The number of alkyl carbamates (subject to hydrolysis) is 1. The van der Waals surface area contributed by atoms with Crippen LogP contribution < -0.4 is 5.32 Å². The Labute approximate surface area is 543 Å². The minimum Gasteiger partial charge on any atom is -0.511 e. The number of Topliss-reactive ketones (excluding diaryl/α,β-unsaturated/α-hetero) is 1. The number of allylic oxidation sites excluding steroid dienone is 3. The molecule has 0 aromatic rings. The molecule has 5 aliphatic heterocycles. The van der Waals surface area contributed by atoms with E-state index in [9.17, 15) is 49.7 Å². The van der Waals surface area contributed by atoms with Crippen molar-refractivity contribution >= 4 is 30.1 Å². The van der Waals surface area contributed by atoms with Crippen molar-refractivity contribution < 1.29 is 106 Å². The van der Waals surface area contributed by atoms with Crippen LogP contribution in [0.1, 0.15) is 154 Å². The molecule has 25 heteroatoms. The lowest BCUT2D eigenvalue weighted by molar-refractivity contribution is -0.584. The van der Waals surface area contributed by atoms with Crippen molar-refractivity contribution in [2.75, 3.05) is 7.11 Å². The molecule has 5 saturated heterocycles. The Morgan fingerprint density at radius 2 is 1.41 bits per heavy atom. The van der Waals surface area contributed by atoms with Gasteiger partial charge in [-0.15, -0.1) is 0 Å². The molecule has 7 fully saturated rings. The monoisotopic (exact) mass is 1310 g/mol. The highest BCUT2D eigenvalue weighted by Gasteiger charge is 2.65. The number of ether oxygens (including phenoxy) is 12. The summed E-state index contributed by atoms with van der Waals surface area (Å²) in [6.45, 7) is 21.4. The molecule has 1 amide bonds. The lowest BCUT2D eigenvalue weighted by Gasteiger charge is -2.56. The van der Waals surface area contributed by atoms with E-state index in [4.69, 9.17) is 56.8 Å². The second-order valence-corrected chi connectivity index (χ2v) is 28.8. The van der Waals surface area contributed by atoms with E-state index in [1.54, 1.807) is 26.8 Å². The van der Waals surface area contributed by atoms with Gasteiger partial charge >= 0.3 is 18.0 Å². The van der Waals surface area contributed by atoms with Crippen LogP contribution in [0.2, 0.25) is 0 Å². The Hall–Kier alpha value is -5.03. The number of nitrogens with zero attached hydrogens (tertiary/aromatic N) is 1. The van der Waals surface area contributed by atoms with Gasteiger partial charge < -0.3 is 82.6 Å². The Morgan fingerprint density at radius 3 is 2.06 bits per heavy atom. The number of hydrogen-bond acceptors (Lipinski definition) is 23. The van der Waals surface area contributed by atoms with Gasteiger partial charge in [-0.1, -0.05) is 57.6 Å². The summed E-state index contributed by atoms with van der Waals surface area (Å²) in [5.74, 6) is -6.27. The van der Waals surface area contributed by atoms with Crippen molar-refractivity contribution in [3.8, 4) is 0 Å². The van der Waals surface area contributed by atoms with E-state index in [0.29, 0.717) is 50.4 Å². The summed E-state index contributed by atoms with van der Waals surface area (Å²) in [6.07, 6.45) is -1.15. The summed E-state index contributed by atoms with van der Waals surface area (Å²) in [5, 5.41) is 62.1. The van der Waals surface area contributed by atoms with Crippen molar-refractivity contribution in [2.24, 2.45) is 46.8 Å². The standard InChI is InChI=1S/C68H98N2O23/c1-31-14-19-49(90-55-29-66(11,70(80)81)61(39(9)86-55)69-65(79)82-13)33(3)24-45-47(74)25-41(30-71)28-68(45)63(77)56(64(78)93-68)62(76)67(12)44(31)17-16-43-57(67)34(4)22-35(5)58(43)92-54-27-51(60(38(8)85-54)87-40(10)72)88-42-15-20-50(32(2)23-42)89-53-26-48(75)59(37(7)84-53)91-52-21-18-46(73)36(6)83-52/h14,16-17,24-25,30,32,34-39,42-55,57-61,73-76H,15,18-23,26-29H2,1-13H3,(H,69,79)/b31-14+,33-24?,62-56?/t32-,34+,35+,36+,37+,38+,39-,42+,43+,44+,45-,46-,47+,48-,49+,50?,51-,52+,53+,54+,55+,57-,58+,59?,60+,61?,66+,67-,68?/m1/s1. The first-order valence-corrected chi connectivity index (χ1v) is 33.4. The minimum atomic E-state index is -2.19. The van der Waals surface area contributed by atoms with E-state index in [2.05, 4.69) is 32.2 Å². The van der Waals surface area contributed by atoms with Crippen LogP contribution in [0, 0.1) is 57.0 Å². The molecular formula is C68H98N2O23. The van der Waals surface area contributed by atoms with Gasteiger partial charge in [-0.3, -0.25) is 24.5 Å². The van der Waals surface area contributed by atoms with Crippen LogP contribution in [0.15, 0.2) is 58.4 Å². The second kappa shape index (κ2) is 28.2. The van der Waals surface area contributed by atoms with Crippen molar-refractivity contribution in [1.29, 1.82) is 0 Å². The molecule has 10 aliphatic rings. The third kappa shape index (κ3) is 14.0. The summed E-state index contributed by atoms with van der Waals surface area (Å²) in [4.78, 5) is 80.5. The number of hydrogen-bond donors (Lipinski definition) is 5. The van der Waals surface area contributed by atoms with Gasteiger partial charge in [-0.2, -0.15) is 0 Å². The molecule has 5 N–H and O–H groups in total. The quantitative estimate of drug-likeness (QED) is 0.0222. The maximum atomic E-state index is 15.6. The number of aliphatic hydroxyl groups is 4. The van der Waals surface area contributed by atoms with Crippen LogP contribution in [0.3, 0.4) is 0 Å². The molecule has 0 aromatic heterocycles. The SMILES string of the molecule is COC(=O)NC1[C@@H](C)O[C@@H](O[C@H]2C/C=C(\C)[C@@H]3C=C[C@@H]4[C@@H](O[C@H]5C[C@@H](O[C@H]6CCC(O[C@H]7C[C@@H](O)C(O[C@H]8CC[C@@H](O)[C@H](C)O8)[C@H](C)O7)[C@H](C)C6)[C@@H](OC(C)=O)[C@H](C)O5)[C@@H](C)C[C@H](C)[C@H]4[C@]3(C)C(O)=C3C(=O)OC4(CC(C=O)=C[C@H](O)[C@H]4C=C2C)C3=O)C[C@]1(C)[N+](=O)[O-]. The Morgan fingerprint density at radius 1 is 0.731 bits per heavy atom. The number of carbonyl (C=O) groups is 5. The molecular weight excluding hydrogens is 1210 g/mol. The van der Waals surface area contributed by atoms with Gasteiger partial charge in [0.1, 0.15) is 35.9 Å². The molecule has 2 saturated carbocycles. The van der Waals surface area contributed by atoms with Crippen molar-refractivity contribution in [1.82, 2.24) is 5.32 Å². The fourth-order valence-corrected chi connectivity index (χ4v) is 17.4.